The number of methoxy groups -OCH3 is 1. The first-order chi connectivity index (χ1) is 17.0. The predicted octanol–water partition coefficient (Wildman–Crippen LogP) is 4.37. The predicted molar refractivity (Wildman–Crippen MR) is 137 cm³/mol. The first kappa shape index (κ1) is 25.6. The molecule has 0 amide bonds. The molecule has 188 valence electrons. The van der Waals surface area contributed by atoms with Crippen LogP contribution in [0.25, 0.3) is 0 Å². The number of halogens is 1. The van der Waals surface area contributed by atoms with Crippen LogP contribution in [0.4, 0.5) is 21.8 Å². The minimum Gasteiger partial charge on any atom is -0.465 e. The van der Waals surface area contributed by atoms with E-state index in [0.717, 1.165) is 11.1 Å². The maximum absolute atomic E-state index is 13.2. The van der Waals surface area contributed by atoms with E-state index in [1.807, 2.05) is 40.7 Å². The van der Waals surface area contributed by atoms with Gasteiger partial charge in [-0.1, -0.05) is 18.2 Å². The van der Waals surface area contributed by atoms with Gasteiger partial charge >= 0.3 is 13.1 Å². The summed E-state index contributed by atoms with van der Waals surface area (Å²) in [7, 11) is 0.620. The quantitative estimate of drug-likeness (QED) is 0.371. The molecule has 0 atom stereocenters. The average molecular weight is 492 g/mol. The van der Waals surface area contributed by atoms with Gasteiger partial charge in [0.15, 0.2) is 0 Å². The number of nitrogens with one attached hydrogen (secondary N) is 2. The van der Waals surface area contributed by atoms with Gasteiger partial charge in [0, 0.05) is 24.0 Å². The van der Waals surface area contributed by atoms with Gasteiger partial charge in [0.05, 0.1) is 23.9 Å². The van der Waals surface area contributed by atoms with E-state index in [-0.39, 0.29) is 5.82 Å². The number of aryl methyl sites for hydroxylation is 1. The monoisotopic (exact) mass is 492 g/mol. The molecule has 0 saturated carbocycles. The Kier molecular flexibility index (Phi) is 7.02. The van der Waals surface area contributed by atoms with Gasteiger partial charge in [0.1, 0.15) is 11.6 Å². The molecule has 1 aliphatic heterocycles. The SMILES string of the molecule is COC(=O)c1cc(Nc2ncc(C)c(NCc3ccc(F)cc3)n2)ccc1B1OC(C)(C)C(C)(C)O1. The maximum atomic E-state index is 13.2. The van der Waals surface area contributed by atoms with E-state index in [9.17, 15) is 9.18 Å². The number of rotatable bonds is 7. The average Bonchev–Trinajstić information content (AvgIpc) is 3.06. The third-order valence-corrected chi connectivity index (χ3v) is 6.57. The summed E-state index contributed by atoms with van der Waals surface area (Å²) in [4.78, 5) is 21.5. The zero-order valence-corrected chi connectivity index (χ0v) is 21.3. The number of hydrogen-bond donors (Lipinski definition) is 2. The lowest BCUT2D eigenvalue weighted by molar-refractivity contribution is 0.00578. The minimum absolute atomic E-state index is 0.278. The summed E-state index contributed by atoms with van der Waals surface area (Å²) in [5.74, 6) is 0.203. The van der Waals surface area contributed by atoms with Crippen LogP contribution in [0.15, 0.2) is 48.7 Å². The Balaban J connectivity index is 1.55. The van der Waals surface area contributed by atoms with Crippen LogP contribution < -0.4 is 16.1 Å². The molecule has 4 rings (SSSR count). The highest BCUT2D eigenvalue weighted by atomic mass is 19.1. The van der Waals surface area contributed by atoms with Crippen molar-refractivity contribution < 1.29 is 23.2 Å². The molecule has 1 fully saturated rings. The second-order valence-electron chi connectivity index (χ2n) is 9.71. The van der Waals surface area contributed by atoms with Crippen molar-refractivity contribution in [1.29, 1.82) is 0 Å². The van der Waals surface area contributed by atoms with E-state index in [4.69, 9.17) is 14.0 Å². The van der Waals surface area contributed by atoms with E-state index in [1.165, 1.54) is 19.2 Å². The number of aromatic nitrogens is 2. The fourth-order valence-corrected chi connectivity index (χ4v) is 3.69. The molecule has 0 spiro atoms. The van der Waals surface area contributed by atoms with Gasteiger partial charge < -0.3 is 24.7 Å². The first-order valence-corrected chi connectivity index (χ1v) is 11.7. The highest BCUT2D eigenvalue weighted by molar-refractivity contribution is 6.63. The number of ether oxygens (including phenoxy) is 1. The van der Waals surface area contributed by atoms with Gasteiger partial charge in [-0.3, -0.25) is 0 Å². The van der Waals surface area contributed by atoms with Gasteiger partial charge in [-0.05, 0) is 69.9 Å². The number of carbonyl (C=O) groups is 1. The van der Waals surface area contributed by atoms with Gasteiger partial charge in [-0.2, -0.15) is 4.98 Å². The topological polar surface area (TPSA) is 94.6 Å². The molecular formula is C26H30BFN4O4. The largest absolute Gasteiger partial charge is 0.495 e. The number of esters is 1. The highest BCUT2D eigenvalue weighted by Crippen LogP contribution is 2.37. The highest BCUT2D eigenvalue weighted by Gasteiger charge is 2.52. The van der Waals surface area contributed by atoms with Gasteiger partial charge in [-0.15, -0.1) is 0 Å². The van der Waals surface area contributed by atoms with Crippen molar-refractivity contribution in [2.24, 2.45) is 0 Å². The number of benzene rings is 2. The smallest absolute Gasteiger partial charge is 0.465 e. The van der Waals surface area contributed by atoms with Crippen molar-refractivity contribution >= 4 is 36.0 Å². The van der Waals surface area contributed by atoms with Gasteiger partial charge in [0.25, 0.3) is 0 Å². The van der Waals surface area contributed by atoms with Gasteiger partial charge in [-0.25, -0.2) is 14.2 Å². The van der Waals surface area contributed by atoms with Crippen molar-refractivity contribution in [3.63, 3.8) is 0 Å². The third kappa shape index (κ3) is 5.34. The van der Waals surface area contributed by atoms with Crippen LogP contribution in [-0.4, -0.2) is 41.4 Å². The molecule has 1 aromatic heterocycles. The number of carbonyl (C=O) groups excluding carboxylic acids is 1. The molecule has 0 aliphatic carbocycles. The molecule has 10 heteroatoms. The molecule has 0 radical (unpaired) electrons. The Hall–Kier alpha value is -3.50. The van der Waals surface area contributed by atoms with Crippen molar-refractivity contribution in [3.05, 3.63) is 71.2 Å². The van der Waals surface area contributed by atoms with Crippen LogP contribution in [0, 0.1) is 12.7 Å². The lowest BCUT2D eigenvalue weighted by atomic mass is 9.75. The van der Waals surface area contributed by atoms with E-state index in [1.54, 1.807) is 30.5 Å². The molecule has 8 nitrogen and oxygen atoms in total. The molecule has 0 unspecified atom stereocenters. The van der Waals surface area contributed by atoms with E-state index >= 15 is 0 Å². The molecule has 2 heterocycles. The summed E-state index contributed by atoms with van der Waals surface area (Å²) in [6.45, 7) is 10.2. The molecule has 36 heavy (non-hydrogen) atoms. The number of anilines is 3. The molecule has 3 aromatic rings. The summed E-state index contributed by atoms with van der Waals surface area (Å²) in [5, 5.41) is 6.40. The lowest BCUT2D eigenvalue weighted by Gasteiger charge is -2.32. The fraction of sp³-hybridized carbons (Fsp3) is 0.346. The van der Waals surface area contributed by atoms with Crippen molar-refractivity contribution in [2.45, 2.75) is 52.4 Å². The van der Waals surface area contributed by atoms with E-state index < -0.39 is 24.3 Å². The van der Waals surface area contributed by atoms with Crippen molar-refractivity contribution in [3.8, 4) is 0 Å². The maximum Gasteiger partial charge on any atom is 0.495 e. The molecule has 1 aliphatic rings. The lowest BCUT2D eigenvalue weighted by Crippen LogP contribution is -2.41. The summed E-state index contributed by atoms with van der Waals surface area (Å²) in [6, 6.07) is 11.5. The molecule has 0 bridgehead atoms. The van der Waals surface area contributed by atoms with Crippen LogP contribution in [0.2, 0.25) is 0 Å². The summed E-state index contributed by atoms with van der Waals surface area (Å²) in [5.41, 5.74) is 2.19. The zero-order valence-electron chi connectivity index (χ0n) is 21.3. The van der Waals surface area contributed by atoms with Crippen LogP contribution in [0.5, 0.6) is 0 Å². The number of nitrogens with zero attached hydrogens (tertiary/aromatic N) is 2. The second-order valence-corrected chi connectivity index (χ2v) is 9.71. The molecule has 2 aromatic carbocycles. The molecule has 1 saturated heterocycles. The normalized spacial score (nSPS) is 16.0. The van der Waals surface area contributed by atoms with Crippen molar-refractivity contribution in [1.82, 2.24) is 9.97 Å². The van der Waals surface area contributed by atoms with Gasteiger partial charge in [0.2, 0.25) is 5.95 Å². The van der Waals surface area contributed by atoms with Crippen molar-refractivity contribution in [2.75, 3.05) is 17.7 Å². The Morgan fingerprint density at radius 1 is 1.08 bits per heavy atom. The molecular weight excluding hydrogens is 462 g/mol. The standard InChI is InChI=1S/C26H30BFN4O4/c1-16-14-30-24(32-22(16)29-15-17-7-9-18(28)10-8-17)31-19-11-12-21(20(13-19)23(33)34-6)27-35-25(2,3)26(4,5)36-27/h7-14H,15H2,1-6H3,(H2,29,30,31,32). The summed E-state index contributed by atoms with van der Waals surface area (Å²) in [6.07, 6.45) is 1.70. The van der Waals surface area contributed by atoms with Crippen LogP contribution in [0.3, 0.4) is 0 Å². The summed E-state index contributed by atoms with van der Waals surface area (Å²) < 4.78 is 30.5. The minimum atomic E-state index is -0.712. The zero-order chi connectivity index (χ0) is 26.1. The Labute approximate surface area is 210 Å². The fourth-order valence-electron chi connectivity index (χ4n) is 3.69. The number of hydrogen-bond acceptors (Lipinski definition) is 8. The van der Waals surface area contributed by atoms with E-state index in [2.05, 4.69) is 20.6 Å². The van der Waals surface area contributed by atoms with Crippen LogP contribution in [0.1, 0.15) is 49.2 Å². The Morgan fingerprint density at radius 3 is 2.39 bits per heavy atom. The van der Waals surface area contributed by atoms with Crippen LogP contribution >= 0.6 is 0 Å². The Bertz CT molecular complexity index is 1250. The first-order valence-electron chi connectivity index (χ1n) is 11.7. The summed E-state index contributed by atoms with van der Waals surface area (Å²) >= 11 is 0. The van der Waals surface area contributed by atoms with Crippen LogP contribution in [-0.2, 0) is 20.6 Å². The second kappa shape index (κ2) is 9.87. The third-order valence-electron chi connectivity index (χ3n) is 6.57. The Morgan fingerprint density at radius 2 is 1.75 bits per heavy atom. The molecule has 2 N–H and O–H groups in total. The van der Waals surface area contributed by atoms with E-state index in [0.29, 0.717) is 35.0 Å².